The van der Waals surface area contributed by atoms with Gasteiger partial charge in [-0.1, -0.05) is 25.8 Å². The van der Waals surface area contributed by atoms with Crippen LogP contribution >= 0.6 is 11.3 Å². The van der Waals surface area contributed by atoms with E-state index < -0.39 is 12.3 Å². The second-order valence-electron chi connectivity index (χ2n) is 8.78. The molecule has 0 aliphatic heterocycles. The van der Waals surface area contributed by atoms with Crippen LogP contribution in [0.1, 0.15) is 57.4 Å². The Morgan fingerprint density at radius 3 is 2.39 bits per heavy atom. The average molecular weight is 531 g/mol. The van der Waals surface area contributed by atoms with Crippen molar-refractivity contribution in [3.8, 4) is 21.9 Å². The van der Waals surface area contributed by atoms with Gasteiger partial charge in [0, 0.05) is 34.6 Å². The Morgan fingerprint density at radius 2 is 1.67 bits per heavy atom. The van der Waals surface area contributed by atoms with Crippen molar-refractivity contribution in [1.82, 2.24) is 0 Å². The molecule has 0 fully saturated rings. The monoisotopic (exact) mass is 530 g/mol. The number of aliphatic hydroxyl groups excluding tert-OH is 1. The molecular weight excluding hydrogens is 499 g/mol. The number of fused-ring (bicyclic) bond motifs is 1. The van der Waals surface area contributed by atoms with E-state index in [1.807, 2.05) is 6.07 Å². The third-order valence-corrected chi connectivity index (χ3v) is 6.89. The number of alkyl halides is 5. The first-order chi connectivity index (χ1) is 17.1. The maximum Gasteiger partial charge on any atom is 0.573 e. The minimum atomic E-state index is -4.80. The van der Waals surface area contributed by atoms with E-state index in [1.165, 1.54) is 17.4 Å². The fourth-order valence-corrected chi connectivity index (χ4v) is 5.05. The lowest BCUT2D eigenvalue weighted by molar-refractivity contribution is -0.274. The first-order valence-electron chi connectivity index (χ1n) is 12.1. The summed E-state index contributed by atoms with van der Waals surface area (Å²) < 4.78 is 77.6. The Balaban J connectivity index is 1.73. The number of ether oxygens (including phenoxy) is 2. The van der Waals surface area contributed by atoms with E-state index >= 15 is 0 Å². The Labute approximate surface area is 211 Å². The summed E-state index contributed by atoms with van der Waals surface area (Å²) in [6.07, 6.45) is -1.66. The Bertz CT molecular complexity index is 1110. The quantitative estimate of drug-likeness (QED) is 0.167. The van der Waals surface area contributed by atoms with Crippen LogP contribution in [-0.4, -0.2) is 30.6 Å². The number of aryl methyl sites for hydroxylation is 1. The van der Waals surface area contributed by atoms with E-state index in [1.54, 1.807) is 30.3 Å². The molecular formula is C27H31F5O3S. The number of aliphatic hydroxyl groups is 1. The van der Waals surface area contributed by atoms with E-state index in [4.69, 9.17) is 9.84 Å². The van der Waals surface area contributed by atoms with E-state index in [2.05, 4.69) is 11.7 Å². The highest BCUT2D eigenvalue weighted by atomic mass is 32.1. The fourth-order valence-electron chi connectivity index (χ4n) is 3.93. The Morgan fingerprint density at radius 1 is 0.889 bits per heavy atom. The molecule has 0 bridgehead atoms. The Hall–Kier alpha value is -2.39. The summed E-state index contributed by atoms with van der Waals surface area (Å²) in [5.41, 5.74) is 1.16. The molecule has 0 aliphatic carbocycles. The van der Waals surface area contributed by atoms with Crippen LogP contribution in [0.2, 0.25) is 0 Å². The maximum atomic E-state index is 13.7. The molecule has 198 valence electrons. The van der Waals surface area contributed by atoms with Crippen LogP contribution in [0.4, 0.5) is 22.0 Å². The summed E-state index contributed by atoms with van der Waals surface area (Å²) in [6, 6.07) is 12.0. The number of benzene rings is 2. The van der Waals surface area contributed by atoms with Crippen LogP contribution in [0.25, 0.3) is 20.5 Å². The van der Waals surface area contributed by atoms with E-state index in [0.717, 1.165) is 34.9 Å². The first kappa shape index (κ1) is 28.2. The van der Waals surface area contributed by atoms with Crippen LogP contribution in [-0.2, 0) is 6.42 Å². The number of hydrogen-bond acceptors (Lipinski definition) is 4. The van der Waals surface area contributed by atoms with Crippen LogP contribution in [0.3, 0.4) is 0 Å². The van der Waals surface area contributed by atoms with Gasteiger partial charge in [0.2, 0.25) is 5.92 Å². The maximum absolute atomic E-state index is 13.7. The zero-order valence-corrected chi connectivity index (χ0v) is 21.0. The molecule has 3 aromatic rings. The van der Waals surface area contributed by atoms with Crippen molar-refractivity contribution >= 4 is 21.4 Å². The van der Waals surface area contributed by atoms with Crippen molar-refractivity contribution in [2.24, 2.45) is 0 Å². The minimum absolute atomic E-state index is 0.0581. The highest BCUT2D eigenvalue weighted by molar-refractivity contribution is 7.22. The van der Waals surface area contributed by atoms with Gasteiger partial charge in [0.05, 0.1) is 6.61 Å². The molecule has 1 heterocycles. The largest absolute Gasteiger partial charge is 0.573 e. The van der Waals surface area contributed by atoms with Crippen molar-refractivity contribution in [2.75, 3.05) is 13.2 Å². The summed E-state index contributed by atoms with van der Waals surface area (Å²) in [7, 11) is 0. The predicted octanol–water partition coefficient (Wildman–Crippen LogP) is 8.77. The molecule has 0 aliphatic rings. The van der Waals surface area contributed by atoms with Crippen molar-refractivity contribution in [3.63, 3.8) is 0 Å². The molecule has 1 aromatic heterocycles. The van der Waals surface area contributed by atoms with Gasteiger partial charge in [0.15, 0.2) is 0 Å². The molecule has 0 amide bonds. The average Bonchev–Trinajstić information content (AvgIpc) is 3.23. The van der Waals surface area contributed by atoms with E-state index in [0.29, 0.717) is 22.6 Å². The lowest BCUT2D eigenvalue weighted by Gasteiger charge is -2.15. The Kier molecular flexibility index (Phi) is 9.96. The molecule has 0 radical (unpaired) electrons. The lowest BCUT2D eigenvalue weighted by Crippen LogP contribution is -2.17. The summed E-state index contributed by atoms with van der Waals surface area (Å²) in [5, 5.41) is 9.55. The summed E-state index contributed by atoms with van der Waals surface area (Å²) in [4.78, 5) is 0.630. The number of thiophene rings is 1. The third kappa shape index (κ3) is 8.62. The predicted molar refractivity (Wildman–Crippen MR) is 133 cm³/mol. The third-order valence-electron chi connectivity index (χ3n) is 5.75. The highest BCUT2D eigenvalue weighted by Gasteiger charge is 2.32. The molecule has 3 rings (SSSR count). The lowest BCUT2D eigenvalue weighted by atomic mass is 10.0. The summed E-state index contributed by atoms with van der Waals surface area (Å²) in [6.45, 7) is 1.92. The molecule has 2 aromatic carbocycles. The molecule has 0 atom stereocenters. The zero-order valence-electron chi connectivity index (χ0n) is 20.2. The van der Waals surface area contributed by atoms with Gasteiger partial charge in [0.25, 0.3) is 0 Å². The van der Waals surface area contributed by atoms with Crippen molar-refractivity contribution in [1.29, 1.82) is 0 Å². The van der Waals surface area contributed by atoms with Gasteiger partial charge in [-0.25, -0.2) is 8.78 Å². The van der Waals surface area contributed by atoms with E-state index in [9.17, 15) is 22.0 Å². The second-order valence-corrected chi connectivity index (χ2v) is 9.86. The second kappa shape index (κ2) is 12.7. The molecule has 36 heavy (non-hydrogen) atoms. The molecule has 3 nitrogen and oxygen atoms in total. The van der Waals surface area contributed by atoms with Crippen molar-refractivity contribution in [3.05, 3.63) is 48.0 Å². The van der Waals surface area contributed by atoms with Gasteiger partial charge >= 0.3 is 6.36 Å². The number of hydrogen-bond donors (Lipinski definition) is 1. The normalized spacial score (nSPS) is 12.3. The molecule has 0 spiro atoms. The van der Waals surface area contributed by atoms with Crippen molar-refractivity contribution in [2.45, 2.75) is 70.6 Å². The molecule has 1 N–H and O–H groups in total. The smallest absolute Gasteiger partial charge is 0.494 e. The van der Waals surface area contributed by atoms with E-state index in [-0.39, 0.29) is 44.6 Å². The molecule has 0 unspecified atom stereocenters. The standard InChI is InChI=1S/C27H31F5O3S/c1-2-3-4-7-19-8-11-22(23(16-19)35-27(30,31)32)25-17-20-9-10-21(18-24(20)36-25)34-15-6-13-26(28,29)12-5-14-33/h8-11,16-18,33H,2-7,12-15H2,1H3. The fraction of sp³-hybridized carbons (Fsp3) is 0.481. The van der Waals surface area contributed by atoms with Crippen LogP contribution in [0, 0.1) is 0 Å². The van der Waals surface area contributed by atoms with Gasteiger partial charge < -0.3 is 14.6 Å². The summed E-state index contributed by atoms with van der Waals surface area (Å²) >= 11 is 1.31. The number of unbranched alkanes of at least 4 members (excludes halogenated alkanes) is 2. The van der Waals surface area contributed by atoms with Crippen LogP contribution < -0.4 is 9.47 Å². The first-order valence-corrected chi connectivity index (χ1v) is 13.0. The van der Waals surface area contributed by atoms with Gasteiger partial charge in [-0.15, -0.1) is 24.5 Å². The topological polar surface area (TPSA) is 38.7 Å². The van der Waals surface area contributed by atoms with Crippen LogP contribution in [0.15, 0.2) is 42.5 Å². The minimum Gasteiger partial charge on any atom is -0.494 e. The summed E-state index contributed by atoms with van der Waals surface area (Å²) in [5.74, 6) is -2.55. The zero-order chi connectivity index (χ0) is 26.2. The highest BCUT2D eigenvalue weighted by Crippen LogP contribution is 2.41. The molecule has 0 saturated carbocycles. The van der Waals surface area contributed by atoms with Gasteiger partial charge in [-0.3, -0.25) is 0 Å². The SMILES string of the molecule is CCCCCc1ccc(-c2cc3ccc(OCCCC(F)(F)CCCO)cc3s2)c(OC(F)(F)F)c1. The van der Waals surface area contributed by atoms with Gasteiger partial charge in [0.1, 0.15) is 11.5 Å². The van der Waals surface area contributed by atoms with Crippen LogP contribution in [0.5, 0.6) is 11.5 Å². The van der Waals surface area contributed by atoms with Crippen molar-refractivity contribution < 1.29 is 36.5 Å². The molecule has 0 saturated heterocycles. The van der Waals surface area contributed by atoms with Gasteiger partial charge in [-0.05, 0) is 73.0 Å². The molecule has 9 heteroatoms. The number of rotatable bonds is 14. The van der Waals surface area contributed by atoms with Gasteiger partial charge in [-0.2, -0.15) is 0 Å². The number of halogens is 5.